The molecule has 13 heavy (non-hydrogen) atoms. The van der Waals surface area contributed by atoms with Crippen LogP contribution in [0.3, 0.4) is 0 Å². The molecule has 1 aromatic carbocycles. The minimum absolute atomic E-state index is 0.0805. The van der Waals surface area contributed by atoms with Gasteiger partial charge in [-0.05, 0) is 52.4 Å². The Morgan fingerprint density at radius 2 is 2.15 bits per heavy atom. The van der Waals surface area contributed by atoms with Gasteiger partial charge in [0.15, 0.2) is 0 Å². The van der Waals surface area contributed by atoms with Crippen LogP contribution in [0.25, 0.3) is 0 Å². The van der Waals surface area contributed by atoms with E-state index in [9.17, 15) is 4.39 Å². The first-order valence-electron chi connectivity index (χ1n) is 4.39. The topological polar surface area (TPSA) is 26.0 Å². The summed E-state index contributed by atoms with van der Waals surface area (Å²) in [6.45, 7) is 0. The van der Waals surface area contributed by atoms with Gasteiger partial charge in [0.25, 0.3) is 0 Å². The Balaban J connectivity index is 2.24. The van der Waals surface area contributed by atoms with Crippen LogP contribution in [0.15, 0.2) is 22.7 Å². The fourth-order valence-corrected chi connectivity index (χ4v) is 1.84. The first kappa shape index (κ1) is 9.16. The summed E-state index contributed by atoms with van der Waals surface area (Å²) in [5.74, 6) is 0.379. The van der Waals surface area contributed by atoms with E-state index in [1.54, 1.807) is 12.1 Å². The van der Waals surface area contributed by atoms with Crippen molar-refractivity contribution >= 4 is 15.9 Å². The molecule has 0 radical (unpaired) electrons. The van der Waals surface area contributed by atoms with Gasteiger partial charge in [0.2, 0.25) is 0 Å². The summed E-state index contributed by atoms with van der Waals surface area (Å²) in [5, 5.41) is 0. The molecule has 1 atom stereocenters. The molecule has 0 bridgehead atoms. The Hall–Kier alpha value is -0.410. The third kappa shape index (κ3) is 1.92. The summed E-state index contributed by atoms with van der Waals surface area (Å²) in [7, 11) is 0. The molecule has 2 rings (SSSR count). The molecular weight excluding hydrogens is 233 g/mol. The lowest BCUT2D eigenvalue weighted by molar-refractivity contribution is 0.607. The van der Waals surface area contributed by atoms with Gasteiger partial charge in [-0.2, -0.15) is 0 Å². The van der Waals surface area contributed by atoms with Crippen molar-refractivity contribution in [1.82, 2.24) is 0 Å². The summed E-state index contributed by atoms with van der Waals surface area (Å²) in [5.41, 5.74) is 7.00. The molecular formula is C10H11BrFN. The largest absolute Gasteiger partial charge is 0.324 e. The van der Waals surface area contributed by atoms with E-state index in [4.69, 9.17) is 5.73 Å². The Kier molecular flexibility index (Phi) is 2.39. The third-order valence-electron chi connectivity index (χ3n) is 2.46. The van der Waals surface area contributed by atoms with Gasteiger partial charge in [-0.3, -0.25) is 0 Å². The Labute approximate surface area is 85.3 Å². The molecule has 1 aliphatic rings. The number of hydrogen-bond donors (Lipinski definition) is 1. The molecule has 1 fully saturated rings. The van der Waals surface area contributed by atoms with Crippen molar-refractivity contribution < 1.29 is 4.39 Å². The smallest absolute Gasteiger partial charge is 0.137 e. The molecule has 0 saturated heterocycles. The average molecular weight is 244 g/mol. The van der Waals surface area contributed by atoms with Crippen molar-refractivity contribution in [1.29, 1.82) is 0 Å². The maximum Gasteiger partial charge on any atom is 0.137 e. The second-order valence-corrected chi connectivity index (χ2v) is 4.39. The molecule has 0 aliphatic heterocycles. The number of rotatable bonds is 2. The molecule has 0 unspecified atom stereocenters. The molecule has 3 heteroatoms. The zero-order valence-electron chi connectivity index (χ0n) is 7.13. The second-order valence-electron chi connectivity index (χ2n) is 3.54. The first-order valence-corrected chi connectivity index (χ1v) is 5.18. The Morgan fingerprint density at radius 1 is 1.46 bits per heavy atom. The van der Waals surface area contributed by atoms with Crippen LogP contribution >= 0.6 is 15.9 Å². The second kappa shape index (κ2) is 3.39. The average Bonchev–Trinajstić information content (AvgIpc) is 2.91. The molecule has 70 valence electrons. The van der Waals surface area contributed by atoms with E-state index in [0.29, 0.717) is 10.4 Å². The number of halogens is 2. The lowest BCUT2D eigenvalue weighted by atomic mass is 10.0. The standard InChI is InChI=1S/C10H11BrFN/c11-8-5-7(3-4-9(8)12)10(13)6-1-2-6/h3-6,10H,1-2,13H2/t10-/m0/s1. The molecule has 0 heterocycles. The minimum atomic E-state index is -0.230. The lowest BCUT2D eigenvalue weighted by Crippen LogP contribution is -2.12. The fourth-order valence-electron chi connectivity index (χ4n) is 1.45. The molecule has 0 amide bonds. The molecule has 0 spiro atoms. The summed E-state index contributed by atoms with van der Waals surface area (Å²) in [6.07, 6.45) is 2.41. The van der Waals surface area contributed by atoms with Crippen molar-refractivity contribution in [3.63, 3.8) is 0 Å². The highest BCUT2D eigenvalue weighted by molar-refractivity contribution is 9.10. The number of nitrogens with two attached hydrogens (primary N) is 1. The van der Waals surface area contributed by atoms with Gasteiger partial charge in [0, 0.05) is 6.04 Å². The maximum atomic E-state index is 12.9. The summed E-state index contributed by atoms with van der Waals surface area (Å²) in [6, 6.07) is 5.08. The zero-order chi connectivity index (χ0) is 9.42. The van der Waals surface area contributed by atoms with Gasteiger partial charge in [-0.25, -0.2) is 4.39 Å². The van der Waals surface area contributed by atoms with Crippen LogP contribution in [0.1, 0.15) is 24.4 Å². The van der Waals surface area contributed by atoms with Crippen molar-refractivity contribution in [2.75, 3.05) is 0 Å². The predicted octanol–water partition coefficient (Wildman–Crippen LogP) is 3.00. The van der Waals surface area contributed by atoms with E-state index >= 15 is 0 Å². The highest BCUT2D eigenvalue weighted by Gasteiger charge is 2.29. The monoisotopic (exact) mass is 243 g/mol. The lowest BCUT2D eigenvalue weighted by Gasteiger charge is -2.10. The highest BCUT2D eigenvalue weighted by atomic mass is 79.9. The van der Waals surface area contributed by atoms with Crippen LogP contribution in [0, 0.1) is 11.7 Å². The van der Waals surface area contributed by atoms with Crippen molar-refractivity contribution in [2.45, 2.75) is 18.9 Å². The molecule has 1 aromatic rings. The zero-order valence-corrected chi connectivity index (χ0v) is 8.72. The van der Waals surface area contributed by atoms with E-state index in [2.05, 4.69) is 15.9 Å². The summed E-state index contributed by atoms with van der Waals surface area (Å²) in [4.78, 5) is 0. The molecule has 1 nitrogen and oxygen atoms in total. The number of benzene rings is 1. The normalized spacial score (nSPS) is 18.7. The van der Waals surface area contributed by atoms with Crippen LogP contribution in [0.5, 0.6) is 0 Å². The Morgan fingerprint density at radius 3 is 2.69 bits per heavy atom. The highest BCUT2D eigenvalue weighted by Crippen LogP contribution is 2.39. The molecule has 0 aromatic heterocycles. The molecule has 1 aliphatic carbocycles. The van der Waals surface area contributed by atoms with E-state index in [0.717, 1.165) is 5.56 Å². The molecule has 2 N–H and O–H groups in total. The van der Waals surface area contributed by atoms with Crippen LogP contribution in [-0.2, 0) is 0 Å². The van der Waals surface area contributed by atoms with Gasteiger partial charge >= 0.3 is 0 Å². The van der Waals surface area contributed by atoms with Gasteiger partial charge in [-0.15, -0.1) is 0 Å². The van der Waals surface area contributed by atoms with Gasteiger partial charge < -0.3 is 5.73 Å². The van der Waals surface area contributed by atoms with E-state index < -0.39 is 0 Å². The number of hydrogen-bond acceptors (Lipinski definition) is 1. The van der Waals surface area contributed by atoms with Crippen LogP contribution in [0.2, 0.25) is 0 Å². The minimum Gasteiger partial charge on any atom is -0.324 e. The van der Waals surface area contributed by atoms with E-state index in [1.807, 2.05) is 0 Å². The quantitative estimate of drug-likeness (QED) is 0.850. The summed E-state index contributed by atoms with van der Waals surface area (Å²) >= 11 is 3.15. The summed E-state index contributed by atoms with van der Waals surface area (Å²) < 4.78 is 13.4. The third-order valence-corrected chi connectivity index (χ3v) is 3.07. The predicted molar refractivity (Wildman–Crippen MR) is 53.8 cm³/mol. The van der Waals surface area contributed by atoms with Gasteiger partial charge in [0.1, 0.15) is 5.82 Å². The van der Waals surface area contributed by atoms with Gasteiger partial charge in [-0.1, -0.05) is 6.07 Å². The molecule has 1 saturated carbocycles. The van der Waals surface area contributed by atoms with Gasteiger partial charge in [0.05, 0.1) is 4.47 Å². The van der Waals surface area contributed by atoms with E-state index in [-0.39, 0.29) is 11.9 Å². The van der Waals surface area contributed by atoms with Crippen molar-refractivity contribution in [3.8, 4) is 0 Å². The Bertz CT molecular complexity index is 323. The SMILES string of the molecule is N[C@H](c1ccc(F)c(Br)c1)C1CC1. The van der Waals surface area contributed by atoms with E-state index in [1.165, 1.54) is 18.9 Å². The van der Waals surface area contributed by atoms with Crippen molar-refractivity contribution in [3.05, 3.63) is 34.1 Å². The van der Waals surface area contributed by atoms with Crippen molar-refractivity contribution in [2.24, 2.45) is 11.7 Å². The van der Waals surface area contributed by atoms with Crippen LogP contribution in [0.4, 0.5) is 4.39 Å². The van der Waals surface area contributed by atoms with Crippen LogP contribution in [-0.4, -0.2) is 0 Å². The maximum absolute atomic E-state index is 12.9. The fraction of sp³-hybridized carbons (Fsp3) is 0.400. The first-order chi connectivity index (χ1) is 6.18. The van der Waals surface area contributed by atoms with Crippen LogP contribution < -0.4 is 5.73 Å².